The van der Waals surface area contributed by atoms with Gasteiger partial charge in [-0.15, -0.1) is 0 Å². The van der Waals surface area contributed by atoms with Crippen LogP contribution in [0.1, 0.15) is 42.0 Å². The Morgan fingerprint density at radius 2 is 1.42 bits per heavy atom. The van der Waals surface area contributed by atoms with Crippen LogP contribution in [-0.2, 0) is 0 Å². The second kappa shape index (κ2) is 12.2. The molecular weight excluding hydrogens is 604 g/mol. The maximum absolute atomic E-state index is 13.9. The van der Waals surface area contributed by atoms with E-state index in [0.29, 0.717) is 20.8 Å². The number of nitrogens with zero attached hydrogens (tertiary/aromatic N) is 2. The zero-order valence-electron chi connectivity index (χ0n) is 22.4. The average molecular weight is 627 g/mol. The largest absolute Gasteiger partial charge is 0.435 e. The van der Waals surface area contributed by atoms with Gasteiger partial charge in [-0.3, -0.25) is 9.36 Å². The second-order valence-electron chi connectivity index (χ2n) is 9.93. The summed E-state index contributed by atoms with van der Waals surface area (Å²) in [5.41, 5.74) is 4.76. The number of ether oxygens (including phenoxy) is 2. The van der Waals surface area contributed by atoms with Crippen molar-refractivity contribution >= 4 is 35.1 Å². The van der Waals surface area contributed by atoms with Crippen molar-refractivity contribution in [3.63, 3.8) is 0 Å². The molecule has 5 nitrogen and oxygen atoms in total. The fraction of sp³-hybridized carbons (Fsp3) is 0.188. The molecule has 3 aromatic carbocycles. The van der Waals surface area contributed by atoms with Gasteiger partial charge in [-0.2, -0.15) is 17.6 Å². The van der Waals surface area contributed by atoms with Crippen LogP contribution in [0, 0.1) is 0 Å². The standard InChI is InChI=1S/C32H23ClF4N2O3S/c33-22-10-4-19(5-11-22)17-26-29(40)39-28(20-8-14-24(15-9-20)42-31(36)37)25-3-1-2-21(27(25)38-32(39)43-26)16-18-6-12-23(13-7-18)41-30(34)35/h4-17,28,30-31H,1-3H2/b21-16+,26-17-. The molecule has 0 radical (unpaired) electrons. The summed E-state index contributed by atoms with van der Waals surface area (Å²) in [6.45, 7) is -5.86. The third-order valence-electron chi connectivity index (χ3n) is 7.17. The summed E-state index contributed by atoms with van der Waals surface area (Å²) in [5.74, 6) is 0.0843. The van der Waals surface area contributed by atoms with Gasteiger partial charge in [0.05, 0.1) is 16.3 Å². The van der Waals surface area contributed by atoms with Crippen molar-refractivity contribution in [2.24, 2.45) is 4.99 Å². The highest BCUT2D eigenvalue weighted by Crippen LogP contribution is 2.41. The first-order valence-corrected chi connectivity index (χ1v) is 14.6. The lowest BCUT2D eigenvalue weighted by Crippen LogP contribution is -2.39. The smallest absolute Gasteiger partial charge is 0.387 e. The normalized spacial score (nSPS) is 17.7. The molecule has 11 heteroatoms. The Kier molecular flexibility index (Phi) is 8.23. The van der Waals surface area contributed by atoms with Crippen LogP contribution in [0.2, 0.25) is 5.02 Å². The Balaban J connectivity index is 1.49. The predicted octanol–water partition coefficient (Wildman–Crippen LogP) is 7.34. The maximum atomic E-state index is 13.9. The van der Waals surface area contributed by atoms with Gasteiger partial charge in [0.1, 0.15) is 11.5 Å². The predicted molar refractivity (Wildman–Crippen MR) is 158 cm³/mol. The van der Waals surface area contributed by atoms with Crippen LogP contribution in [0.15, 0.2) is 99.4 Å². The van der Waals surface area contributed by atoms with Crippen molar-refractivity contribution in [1.82, 2.24) is 4.57 Å². The lowest BCUT2D eigenvalue weighted by molar-refractivity contribution is -0.0505. The molecule has 0 saturated heterocycles. The molecule has 1 aromatic heterocycles. The highest BCUT2D eigenvalue weighted by Gasteiger charge is 2.32. The topological polar surface area (TPSA) is 52.8 Å². The molecule has 0 bridgehead atoms. The zero-order valence-corrected chi connectivity index (χ0v) is 23.9. The molecule has 220 valence electrons. The van der Waals surface area contributed by atoms with Gasteiger partial charge in [0.25, 0.3) is 5.56 Å². The van der Waals surface area contributed by atoms with E-state index in [9.17, 15) is 22.4 Å². The SMILES string of the molecule is O=c1/c(=C/c2ccc(Cl)cc2)sc2n1C(c1ccc(OC(F)F)cc1)C1=C(N=2)/C(=C/c2ccc(OC(F)F)cc2)CCC1. The molecule has 1 atom stereocenters. The summed E-state index contributed by atoms with van der Waals surface area (Å²) in [5, 5.41) is 0.584. The summed E-state index contributed by atoms with van der Waals surface area (Å²) in [4.78, 5) is 19.4. The van der Waals surface area contributed by atoms with Gasteiger partial charge in [0.2, 0.25) is 0 Å². The number of hydrogen-bond donors (Lipinski definition) is 0. The summed E-state index contributed by atoms with van der Waals surface area (Å²) in [7, 11) is 0. The third-order valence-corrected chi connectivity index (χ3v) is 8.40. The summed E-state index contributed by atoms with van der Waals surface area (Å²) < 4.78 is 62.0. The van der Waals surface area contributed by atoms with Crippen molar-refractivity contribution in [2.45, 2.75) is 38.5 Å². The van der Waals surface area contributed by atoms with Crippen molar-refractivity contribution in [2.75, 3.05) is 0 Å². The van der Waals surface area contributed by atoms with Crippen LogP contribution >= 0.6 is 22.9 Å². The molecule has 1 aliphatic carbocycles. The number of alkyl halides is 4. The van der Waals surface area contributed by atoms with Gasteiger partial charge in [0.15, 0.2) is 4.80 Å². The number of aromatic nitrogens is 1. The van der Waals surface area contributed by atoms with Gasteiger partial charge in [-0.25, -0.2) is 4.99 Å². The lowest BCUT2D eigenvalue weighted by atomic mass is 9.84. The highest BCUT2D eigenvalue weighted by atomic mass is 35.5. The van der Waals surface area contributed by atoms with Crippen LogP contribution in [0.4, 0.5) is 17.6 Å². The molecule has 0 spiro atoms. The first kappa shape index (κ1) is 28.9. The summed E-state index contributed by atoms with van der Waals surface area (Å²) in [6.07, 6.45) is 5.95. The Morgan fingerprint density at radius 1 is 0.837 bits per heavy atom. The molecule has 4 aromatic rings. The minimum Gasteiger partial charge on any atom is -0.435 e. The quantitative estimate of drug-likeness (QED) is 0.202. The Morgan fingerprint density at radius 3 is 2.05 bits per heavy atom. The number of thiazole rings is 1. The van der Waals surface area contributed by atoms with Crippen molar-refractivity contribution in [3.8, 4) is 11.5 Å². The molecule has 1 aliphatic heterocycles. The van der Waals surface area contributed by atoms with Crippen LogP contribution in [0.3, 0.4) is 0 Å². The number of allylic oxidation sites excluding steroid dienone is 2. The maximum Gasteiger partial charge on any atom is 0.387 e. The molecule has 0 fully saturated rings. The van der Waals surface area contributed by atoms with E-state index in [1.54, 1.807) is 47.0 Å². The molecule has 1 unspecified atom stereocenters. The summed E-state index contributed by atoms with van der Waals surface area (Å²) in [6, 6.07) is 19.3. The molecule has 0 N–H and O–H groups in total. The van der Waals surface area contributed by atoms with E-state index in [1.807, 2.05) is 18.2 Å². The first-order chi connectivity index (χ1) is 20.7. The number of hydrogen-bond acceptors (Lipinski definition) is 5. The van der Waals surface area contributed by atoms with Gasteiger partial charge in [0, 0.05) is 5.02 Å². The number of halogens is 5. The molecule has 2 aliphatic rings. The highest BCUT2D eigenvalue weighted by molar-refractivity contribution is 7.07. The minimum absolute atomic E-state index is 0.0200. The van der Waals surface area contributed by atoms with E-state index in [2.05, 4.69) is 9.47 Å². The fourth-order valence-corrected chi connectivity index (χ4v) is 6.47. The van der Waals surface area contributed by atoms with Crippen molar-refractivity contribution < 1.29 is 27.0 Å². The number of benzene rings is 3. The van der Waals surface area contributed by atoms with E-state index in [-0.39, 0.29) is 17.1 Å². The Hall–Kier alpha value is -4.15. The zero-order chi connectivity index (χ0) is 30.1. The molecule has 2 heterocycles. The Bertz CT molecular complexity index is 1880. The van der Waals surface area contributed by atoms with Crippen LogP contribution in [-0.4, -0.2) is 17.8 Å². The minimum atomic E-state index is -2.95. The molecule has 0 saturated carbocycles. The van der Waals surface area contributed by atoms with E-state index >= 15 is 0 Å². The van der Waals surface area contributed by atoms with Crippen molar-refractivity contribution in [1.29, 1.82) is 0 Å². The lowest BCUT2D eigenvalue weighted by Gasteiger charge is -2.31. The fourth-order valence-electron chi connectivity index (χ4n) is 5.35. The van der Waals surface area contributed by atoms with Crippen molar-refractivity contribution in [3.05, 3.63) is 131 Å². The van der Waals surface area contributed by atoms with Gasteiger partial charge < -0.3 is 9.47 Å². The van der Waals surface area contributed by atoms with Crippen LogP contribution in [0.25, 0.3) is 12.2 Å². The second-order valence-corrected chi connectivity index (χ2v) is 11.4. The van der Waals surface area contributed by atoms with E-state index in [4.69, 9.17) is 16.6 Å². The Labute approximate surface area is 252 Å². The van der Waals surface area contributed by atoms with Crippen LogP contribution < -0.4 is 24.4 Å². The molecule has 6 rings (SSSR count). The molecular formula is C32H23ClF4N2O3S. The molecule has 0 amide bonds. The van der Waals surface area contributed by atoms with E-state index < -0.39 is 19.3 Å². The number of fused-ring (bicyclic) bond motifs is 1. The number of rotatable bonds is 7. The first-order valence-electron chi connectivity index (χ1n) is 13.4. The van der Waals surface area contributed by atoms with E-state index in [0.717, 1.165) is 46.4 Å². The third kappa shape index (κ3) is 6.30. The summed E-state index contributed by atoms with van der Waals surface area (Å²) >= 11 is 7.30. The van der Waals surface area contributed by atoms with E-state index in [1.165, 1.54) is 35.6 Å². The van der Waals surface area contributed by atoms with Gasteiger partial charge in [-0.05, 0) is 95.6 Å². The van der Waals surface area contributed by atoms with Gasteiger partial charge in [-0.1, -0.05) is 59.3 Å². The monoisotopic (exact) mass is 626 g/mol. The average Bonchev–Trinajstić information content (AvgIpc) is 3.28. The van der Waals surface area contributed by atoms with Crippen LogP contribution in [0.5, 0.6) is 11.5 Å². The molecule has 43 heavy (non-hydrogen) atoms. The van der Waals surface area contributed by atoms with Gasteiger partial charge >= 0.3 is 13.2 Å².